The molecule has 0 radical (unpaired) electrons. The van der Waals surface area contributed by atoms with Crippen LogP contribution in [0.25, 0.3) is 0 Å². The van der Waals surface area contributed by atoms with E-state index >= 15 is 0 Å². The second kappa shape index (κ2) is 3.42. The molecule has 1 heterocycles. The van der Waals surface area contributed by atoms with E-state index in [1.807, 2.05) is 0 Å². The predicted octanol–water partition coefficient (Wildman–Crippen LogP) is 0.388. The van der Waals surface area contributed by atoms with Gasteiger partial charge in [-0.3, -0.25) is 4.79 Å². The van der Waals surface area contributed by atoms with Crippen LogP contribution >= 0.6 is 0 Å². The van der Waals surface area contributed by atoms with Crippen molar-refractivity contribution in [2.24, 2.45) is 0 Å². The highest BCUT2D eigenvalue weighted by molar-refractivity contribution is 5.72. The lowest BCUT2D eigenvalue weighted by Crippen LogP contribution is -2.44. The lowest BCUT2D eigenvalue weighted by Gasteiger charge is -2.27. The van der Waals surface area contributed by atoms with Crippen molar-refractivity contribution in [3.63, 3.8) is 0 Å². The molecule has 0 saturated heterocycles. The van der Waals surface area contributed by atoms with Crippen LogP contribution in [0, 0.1) is 0 Å². The van der Waals surface area contributed by atoms with Gasteiger partial charge in [0, 0.05) is 19.2 Å². The molecule has 0 aromatic heterocycles. The lowest BCUT2D eigenvalue weighted by molar-refractivity contribution is -0.119. The average Bonchev–Trinajstić information content (AvgIpc) is 1.84. The fourth-order valence-corrected chi connectivity index (χ4v) is 1.06. The van der Waals surface area contributed by atoms with Crippen LogP contribution in [0.2, 0.25) is 0 Å². The summed E-state index contributed by atoms with van der Waals surface area (Å²) in [6.45, 7) is 4.34. The number of amides is 1. The summed E-state index contributed by atoms with van der Waals surface area (Å²) in [7, 11) is 0. The minimum absolute atomic E-state index is 0.0325. The minimum Gasteiger partial charge on any atom is -0.380 e. The van der Waals surface area contributed by atoms with E-state index in [0.717, 1.165) is 6.42 Å². The van der Waals surface area contributed by atoms with E-state index in [2.05, 4.69) is 23.6 Å². The van der Waals surface area contributed by atoms with Gasteiger partial charge in [-0.1, -0.05) is 6.92 Å². The Labute approximate surface area is 66.9 Å². The summed E-state index contributed by atoms with van der Waals surface area (Å²) in [5.74, 6) is 0.0325. The fraction of sp³-hybridized carbons (Fsp3) is 0.625. The first-order valence-electron chi connectivity index (χ1n) is 3.94. The number of carbonyl (C=O) groups excluding carboxylic acids is 1. The van der Waals surface area contributed by atoms with Crippen molar-refractivity contribution in [1.82, 2.24) is 10.6 Å². The molecule has 1 unspecified atom stereocenters. The van der Waals surface area contributed by atoms with Crippen molar-refractivity contribution in [2.75, 3.05) is 6.54 Å². The van der Waals surface area contributed by atoms with Gasteiger partial charge in [-0.2, -0.15) is 0 Å². The first-order chi connectivity index (χ1) is 5.22. The second-order valence-corrected chi connectivity index (χ2v) is 2.73. The molecule has 3 heteroatoms. The van der Waals surface area contributed by atoms with Gasteiger partial charge in [0.05, 0.1) is 6.04 Å². The Morgan fingerprint density at radius 1 is 1.82 bits per heavy atom. The van der Waals surface area contributed by atoms with Crippen molar-refractivity contribution in [3.05, 3.63) is 11.8 Å². The van der Waals surface area contributed by atoms with E-state index in [1.54, 1.807) is 0 Å². The van der Waals surface area contributed by atoms with Gasteiger partial charge < -0.3 is 10.6 Å². The second-order valence-electron chi connectivity index (χ2n) is 2.73. The van der Waals surface area contributed by atoms with Crippen molar-refractivity contribution >= 4 is 5.91 Å². The van der Waals surface area contributed by atoms with Gasteiger partial charge in [0.1, 0.15) is 0 Å². The normalized spacial score (nSPS) is 21.3. The largest absolute Gasteiger partial charge is 0.380 e. The first-order valence-corrected chi connectivity index (χ1v) is 3.94. The summed E-state index contributed by atoms with van der Waals surface area (Å²) in [5, 5.41) is 5.98. The summed E-state index contributed by atoms with van der Waals surface area (Å²) in [5.41, 5.74) is 1.28. The molecule has 62 valence electrons. The Kier molecular flexibility index (Phi) is 2.52. The molecule has 0 aromatic rings. The van der Waals surface area contributed by atoms with E-state index in [1.165, 1.54) is 12.6 Å². The highest BCUT2D eigenvalue weighted by Gasteiger charge is 2.15. The Bertz CT molecular complexity index is 187. The Morgan fingerprint density at radius 3 is 2.91 bits per heavy atom. The van der Waals surface area contributed by atoms with Gasteiger partial charge in [0.15, 0.2) is 0 Å². The molecular weight excluding hydrogens is 140 g/mol. The molecule has 1 amide bonds. The zero-order valence-corrected chi connectivity index (χ0v) is 6.98. The van der Waals surface area contributed by atoms with Crippen molar-refractivity contribution in [3.8, 4) is 0 Å². The molecule has 0 bridgehead atoms. The monoisotopic (exact) mass is 154 g/mol. The zero-order chi connectivity index (χ0) is 8.27. The summed E-state index contributed by atoms with van der Waals surface area (Å²) in [4.78, 5) is 10.5. The molecule has 0 aliphatic carbocycles. The molecular formula is C8H14N2O. The van der Waals surface area contributed by atoms with Gasteiger partial charge in [-0.05, 0) is 12.5 Å². The van der Waals surface area contributed by atoms with Crippen LogP contribution in [0.15, 0.2) is 11.8 Å². The maximum Gasteiger partial charge on any atom is 0.216 e. The molecule has 0 spiro atoms. The topological polar surface area (TPSA) is 41.1 Å². The van der Waals surface area contributed by atoms with Crippen molar-refractivity contribution in [1.29, 1.82) is 0 Å². The standard InChI is InChI=1S/C8H14N2O/c1-3-7-4-8(10-7)5-9-6(2)11/h4,8,10H,3,5H2,1-2H3,(H,9,11). The highest BCUT2D eigenvalue weighted by atomic mass is 16.1. The maximum absolute atomic E-state index is 10.5. The van der Waals surface area contributed by atoms with Gasteiger partial charge >= 0.3 is 0 Å². The van der Waals surface area contributed by atoms with Gasteiger partial charge in [-0.25, -0.2) is 0 Å². The molecule has 0 aromatic carbocycles. The van der Waals surface area contributed by atoms with E-state index in [4.69, 9.17) is 0 Å². The van der Waals surface area contributed by atoms with Crippen LogP contribution in [0.3, 0.4) is 0 Å². The molecule has 0 saturated carbocycles. The van der Waals surface area contributed by atoms with E-state index < -0.39 is 0 Å². The molecule has 1 rings (SSSR count). The van der Waals surface area contributed by atoms with Crippen molar-refractivity contribution in [2.45, 2.75) is 26.3 Å². The predicted molar refractivity (Wildman–Crippen MR) is 44.0 cm³/mol. The van der Waals surface area contributed by atoms with E-state index in [0.29, 0.717) is 12.6 Å². The van der Waals surface area contributed by atoms with Crippen LogP contribution in [0.1, 0.15) is 20.3 Å². The van der Waals surface area contributed by atoms with Crippen LogP contribution in [-0.2, 0) is 4.79 Å². The third-order valence-electron chi connectivity index (χ3n) is 1.72. The molecule has 3 nitrogen and oxygen atoms in total. The molecule has 2 N–H and O–H groups in total. The maximum atomic E-state index is 10.5. The van der Waals surface area contributed by atoms with E-state index in [9.17, 15) is 4.79 Å². The van der Waals surface area contributed by atoms with Crippen LogP contribution in [0.5, 0.6) is 0 Å². The number of hydrogen-bond donors (Lipinski definition) is 2. The molecule has 11 heavy (non-hydrogen) atoms. The number of allylic oxidation sites excluding steroid dienone is 1. The summed E-state index contributed by atoms with van der Waals surface area (Å²) in [6, 6.07) is 0.355. The first kappa shape index (κ1) is 8.11. The van der Waals surface area contributed by atoms with Crippen LogP contribution < -0.4 is 10.6 Å². The van der Waals surface area contributed by atoms with Crippen molar-refractivity contribution < 1.29 is 4.79 Å². The lowest BCUT2D eigenvalue weighted by atomic mass is 10.1. The summed E-state index contributed by atoms with van der Waals surface area (Å²) < 4.78 is 0. The SMILES string of the molecule is CCC1=CC(CNC(C)=O)N1. The fourth-order valence-electron chi connectivity index (χ4n) is 1.06. The summed E-state index contributed by atoms with van der Waals surface area (Å²) in [6.07, 6.45) is 3.20. The van der Waals surface area contributed by atoms with Gasteiger partial charge in [-0.15, -0.1) is 0 Å². The van der Waals surface area contributed by atoms with Gasteiger partial charge in [0.25, 0.3) is 0 Å². The van der Waals surface area contributed by atoms with Crippen LogP contribution in [-0.4, -0.2) is 18.5 Å². The zero-order valence-electron chi connectivity index (χ0n) is 6.98. The van der Waals surface area contributed by atoms with Crippen LogP contribution in [0.4, 0.5) is 0 Å². The Morgan fingerprint density at radius 2 is 2.45 bits per heavy atom. The Balaban J connectivity index is 2.14. The average molecular weight is 154 g/mol. The molecule has 1 aliphatic rings. The van der Waals surface area contributed by atoms with E-state index in [-0.39, 0.29) is 5.91 Å². The number of hydrogen-bond acceptors (Lipinski definition) is 2. The highest BCUT2D eigenvalue weighted by Crippen LogP contribution is 2.09. The Hall–Kier alpha value is -0.990. The number of nitrogens with one attached hydrogen (secondary N) is 2. The smallest absolute Gasteiger partial charge is 0.216 e. The molecule has 1 aliphatic heterocycles. The summed E-state index contributed by atoms with van der Waals surface area (Å²) >= 11 is 0. The quantitative estimate of drug-likeness (QED) is 0.617. The molecule has 1 atom stereocenters. The molecule has 0 fully saturated rings. The minimum atomic E-state index is 0.0325. The van der Waals surface area contributed by atoms with Gasteiger partial charge in [0.2, 0.25) is 5.91 Å². The third kappa shape index (κ3) is 2.26. The number of rotatable bonds is 3. The third-order valence-corrected chi connectivity index (χ3v) is 1.72. The number of carbonyl (C=O) groups is 1.